The molecule has 1 aliphatic rings. The Balaban J connectivity index is 1.84. The van der Waals surface area contributed by atoms with Crippen molar-refractivity contribution in [1.82, 2.24) is 0 Å². The lowest BCUT2D eigenvalue weighted by molar-refractivity contribution is -0.164. The van der Waals surface area contributed by atoms with E-state index < -0.39 is 5.97 Å². The Morgan fingerprint density at radius 2 is 1.46 bits per heavy atom. The summed E-state index contributed by atoms with van der Waals surface area (Å²) < 4.78 is 11.5. The van der Waals surface area contributed by atoms with Crippen molar-refractivity contribution in [3.63, 3.8) is 0 Å². The molecule has 1 N–H and O–H groups in total. The minimum atomic E-state index is -0.675. The summed E-state index contributed by atoms with van der Waals surface area (Å²) in [5.74, 6) is -0.952. The van der Waals surface area contributed by atoms with Gasteiger partial charge in [-0.05, 0) is 44.9 Å². The fourth-order valence-corrected chi connectivity index (χ4v) is 3.16. The minimum absolute atomic E-state index is 0.277. The lowest BCUT2D eigenvalue weighted by Gasteiger charge is -2.25. The number of hydrogen-bond donors (Lipinski definition) is 1. The molecule has 1 rings (SSSR count). The van der Waals surface area contributed by atoms with Crippen LogP contribution in [0.25, 0.3) is 0 Å². The molecule has 0 saturated carbocycles. The van der Waals surface area contributed by atoms with Gasteiger partial charge in [0.25, 0.3) is 0 Å². The van der Waals surface area contributed by atoms with Crippen molar-refractivity contribution in [1.29, 1.82) is 0 Å². The van der Waals surface area contributed by atoms with Crippen molar-refractivity contribution < 1.29 is 19.4 Å². The van der Waals surface area contributed by atoms with E-state index in [-0.39, 0.29) is 5.79 Å². The zero-order chi connectivity index (χ0) is 17.5. The third kappa shape index (κ3) is 10.1. The molecule has 140 valence electrons. The molecule has 0 amide bonds. The Kier molecular flexibility index (Phi) is 11.8. The van der Waals surface area contributed by atoms with E-state index in [9.17, 15) is 4.79 Å². The lowest BCUT2D eigenvalue weighted by Crippen LogP contribution is -2.28. The molecule has 0 aliphatic carbocycles. The summed E-state index contributed by atoms with van der Waals surface area (Å²) in [7, 11) is 0. The zero-order valence-electron chi connectivity index (χ0n) is 15.4. The van der Waals surface area contributed by atoms with E-state index in [2.05, 4.69) is 19.1 Å². The van der Waals surface area contributed by atoms with Crippen LogP contribution < -0.4 is 0 Å². The molecular weight excluding hydrogens is 304 g/mol. The first-order chi connectivity index (χ1) is 11.7. The zero-order valence-corrected chi connectivity index (χ0v) is 15.4. The van der Waals surface area contributed by atoms with E-state index in [1.165, 1.54) is 38.5 Å². The molecule has 1 heterocycles. The highest BCUT2D eigenvalue weighted by molar-refractivity contribution is 5.66. The highest BCUT2D eigenvalue weighted by atomic mass is 16.7. The fourth-order valence-electron chi connectivity index (χ4n) is 3.16. The van der Waals surface area contributed by atoms with Crippen LogP contribution in [-0.2, 0) is 14.3 Å². The van der Waals surface area contributed by atoms with Crippen LogP contribution in [-0.4, -0.2) is 30.1 Å². The third-order valence-electron chi connectivity index (χ3n) is 4.71. The van der Waals surface area contributed by atoms with Crippen LogP contribution in [0.1, 0.15) is 90.4 Å². The molecule has 0 spiro atoms. The van der Waals surface area contributed by atoms with Gasteiger partial charge in [0.1, 0.15) is 0 Å². The average molecular weight is 341 g/mol. The average Bonchev–Trinajstić information content (AvgIpc) is 3.04. The van der Waals surface area contributed by atoms with Crippen molar-refractivity contribution >= 4 is 5.97 Å². The molecule has 0 radical (unpaired) electrons. The van der Waals surface area contributed by atoms with Crippen LogP contribution >= 0.6 is 0 Å². The van der Waals surface area contributed by atoms with Crippen LogP contribution in [0.3, 0.4) is 0 Å². The number of carboxylic acid groups (broad SMARTS) is 1. The van der Waals surface area contributed by atoms with E-state index >= 15 is 0 Å². The molecule has 4 heteroatoms. The van der Waals surface area contributed by atoms with Crippen LogP contribution in [0, 0.1) is 0 Å². The largest absolute Gasteiger partial charge is 0.481 e. The van der Waals surface area contributed by atoms with Gasteiger partial charge in [-0.3, -0.25) is 4.79 Å². The van der Waals surface area contributed by atoms with Gasteiger partial charge in [-0.15, -0.1) is 0 Å². The molecule has 24 heavy (non-hydrogen) atoms. The van der Waals surface area contributed by atoms with Crippen molar-refractivity contribution in [2.75, 3.05) is 13.2 Å². The van der Waals surface area contributed by atoms with Crippen molar-refractivity contribution in [3.05, 3.63) is 12.2 Å². The van der Waals surface area contributed by atoms with Crippen molar-refractivity contribution in [2.24, 2.45) is 0 Å². The molecule has 0 atom stereocenters. The molecule has 1 saturated heterocycles. The second kappa shape index (κ2) is 13.4. The smallest absolute Gasteiger partial charge is 0.303 e. The van der Waals surface area contributed by atoms with Crippen molar-refractivity contribution in [2.45, 2.75) is 96.2 Å². The van der Waals surface area contributed by atoms with E-state index in [0.29, 0.717) is 6.42 Å². The molecule has 4 nitrogen and oxygen atoms in total. The first kappa shape index (κ1) is 21.2. The van der Waals surface area contributed by atoms with E-state index in [1.807, 2.05) is 0 Å². The first-order valence-electron chi connectivity index (χ1n) is 9.83. The standard InChI is InChI=1S/C20H36O4/c1-2-20(23-17-18-24-20)16-14-12-10-8-6-4-3-5-7-9-11-13-15-19(21)22/h4,6H,2-3,5,7-18H2,1H3,(H,21,22)/b6-4-. The van der Waals surface area contributed by atoms with Gasteiger partial charge < -0.3 is 14.6 Å². The number of carboxylic acids is 1. The predicted octanol–water partition coefficient (Wildman–Crippen LogP) is 5.46. The first-order valence-corrected chi connectivity index (χ1v) is 9.83. The highest BCUT2D eigenvalue weighted by Gasteiger charge is 2.33. The van der Waals surface area contributed by atoms with Gasteiger partial charge in [-0.1, -0.05) is 44.8 Å². The maximum Gasteiger partial charge on any atom is 0.303 e. The molecule has 1 fully saturated rings. The van der Waals surface area contributed by atoms with Crippen LogP contribution in [0.5, 0.6) is 0 Å². The molecule has 0 aromatic carbocycles. The van der Waals surface area contributed by atoms with E-state index in [4.69, 9.17) is 14.6 Å². The predicted molar refractivity (Wildman–Crippen MR) is 97.1 cm³/mol. The number of carbonyl (C=O) groups is 1. The minimum Gasteiger partial charge on any atom is -0.481 e. The van der Waals surface area contributed by atoms with Crippen molar-refractivity contribution in [3.8, 4) is 0 Å². The quantitative estimate of drug-likeness (QED) is 0.317. The van der Waals surface area contributed by atoms with Crippen LogP contribution in [0.4, 0.5) is 0 Å². The molecule has 1 aliphatic heterocycles. The normalized spacial score (nSPS) is 16.9. The summed E-state index contributed by atoms with van der Waals surface area (Å²) >= 11 is 0. The summed E-state index contributed by atoms with van der Waals surface area (Å²) in [5, 5.41) is 8.55. The highest BCUT2D eigenvalue weighted by Crippen LogP contribution is 2.29. The molecule has 0 bridgehead atoms. The number of ether oxygens (including phenoxy) is 2. The maximum absolute atomic E-state index is 10.4. The second-order valence-electron chi connectivity index (χ2n) is 6.73. The van der Waals surface area contributed by atoms with Crippen LogP contribution in [0.2, 0.25) is 0 Å². The van der Waals surface area contributed by atoms with Crippen LogP contribution in [0.15, 0.2) is 12.2 Å². The van der Waals surface area contributed by atoms with E-state index in [1.54, 1.807) is 0 Å². The van der Waals surface area contributed by atoms with E-state index in [0.717, 1.165) is 51.7 Å². The second-order valence-corrected chi connectivity index (χ2v) is 6.73. The number of unbranched alkanes of at least 4 members (excludes halogenated alkanes) is 8. The molecule has 0 unspecified atom stereocenters. The van der Waals surface area contributed by atoms with Gasteiger partial charge in [0, 0.05) is 12.8 Å². The Morgan fingerprint density at radius 3 is 2.04 bits per heavy atom. The summed E-state index contributed by atoms with van der Waals surface area (Å²) in [6, 6.07) is 0. The summed E-state index contributed by atoms with van der Waals surface area (Å²) in [6.45, 7) is 3.63. The summed E-state index contributed by atoms with van der Waals surface area (Å²) in [5.41, 5.74) is 0. The number of aliphatic carboxylic acids is 1. The van der Waals surface area contributed by atoms with Gasteiger partial charge >= 0.3 is 5.97 Å². The van der Waals surface area contributed by atoms with Gasteiger partial charge in [-0.25, -0.2) is 0 Å². The summed E-state index contributed by atoms with van der Waals surface area (Å²) in [6.07, 6.45) is 18.3. The van der Waals surface area contributed by atoms with Gasteiger partial charge in [0.2, 0.25) is 0 Å². The van der Waals surface area contributed by atoms with Gasteiger partial charge in [0.05, 0.1) is 13.2 Å². The summed E-state index contributed by atoms with van der Waals surface area (Å²) in [4.78, 5) is 10.4. The Hall–Kier alpha value is -0.870. The Bertz CT molecular complexity index is 346. The Morgan fingerprint density at radius 1 is 0.917 bits per heavy atom. The monoisotopic (exact) mass is 340 g/mol. The molecule has 0 aromatic heterocycles. The lowest BCUT2D eigenvalue weighted by atomic mass is 10.0. The molecular formula is C20H36O4. The topological polar surface area (TPSA) is 55.8 Å². The SMILES string of the molecule is CCC1(CCCCC/C=C\CCCCCCCC(=O)O)OCCO1. The number of rotatable bonds is 15. The Labute approximate surface area is 147 Å². The third-order valence-corrected chi connectivity index (χ3v) is 4.71. The fraction of sp³-hybridized carbons (Fsp3) is 0.850. The van der Waals surface area contributed by atoms with Gasteiger partial charge in [0.15, 0.2) is 5.79 Å². The maximum atomic E-state index is 10.4. The molecule has 0 aromatic rings. The van der Waals surface area contributed by atoms with Gasteiger partial charge in [-0.2, -0.15) is 0 Å². The number of hydrogen-bond acceptors (Lipinski definition) is 3. The number of allylic oxidation sites excluding steroid dienone is 2.